The molecule has 0 aliphatic rings. The van der Waals surface area contributed by atoms with Gasteiger partial charge in [0.25, 0.3) is 0 Å². The van der Waals surface area contributed by atoms with Crippen molar-refractivity contribution in [1.82, 2.24) is 0 Å². The van der Waals surface area contributed by atoms with E-state index in [0.29, 0.717) is 19.3 Å². The Bertz CT molecular complexity index is 1550. The first-order chi connectivity index (χ1) is 36.5. The molecule has 0 aromatic rings. The van der Waals surface area contributed by atoms with E-state index in [9.17, 15) is 14.4 Å². The lowest BCUT2D eigenvalue weighted by molar-refractivity contribution is -0.167. The molecule has 0 fully saturated rings. The van der Waals surface area contributed by atoms with Gasteiger partial charge in [0.15, 0.2) is 6.10 Å². The first kappa shape index (κ1) is 69.8. The van der Waals surface area contributed by atoms with E-state index in [1.165, 1.54) is 116 Å². The van der Waals surface area contributed by atoms with Crippen molar-refractivity contribution in [3.63, 3.8) is 0 Å². The van der Waals surface area contributed by atoms with Gasteiger partial charge in [-0.05, 0) is 109 Å². The van der Waals surface area contributed by atoms with Gasteiger partial charge in [0.1, 0.15) is 13.2 Å². The molecule has 74 heavy (non-hydrogen) atoms. The van der Waals surface area contributed by atoms with Gasteiger partial charge < -0.3 is 14.2 Å². The predicted octanol–water partition coefficient (Wildman–Crippen LogP) is 20.8. The standard InChI is InChI=1S/C68H112O6/c1-4-7-10-13-16-19-22-24-26-28-30-32-34-36-38-40-42-44-46-49-52-55-58-61-67(70)73-64-65(63-72-66(69)60-57-54-51-48-21-18-15-12-9-6-3)74-68(71)62-59-56-53-50-47-45-43-41-39-37-35-33-31-29-27-25-23-20-17-14-11-8-5-2/h7,10,16,19,23-26,29-32,35-38,42,44,49,52,65H,4-6,8-9,11-15,17-18,20-22,27-28,33-34,39-41,43,45-48,50-51,53-64H2,1-3H3/b10-7-,19-16-,25-23-,26-24-,31-29-,32-30-,37-35-,38-36-,44-42-,52-49-. The maximum absolute atomic E-state index is 12.9. The third kappa shape index (κ3) is 58.7. The number of allylic oxidation sites excluding steroid dienone is 20. The molecule has 420 valence electrons. The van der Waals surface area contributed by atoms with Gasteiger partial charge in [-0.3, -0.25) is 14.4 Å². The minimum atomic E-state index is -0.808. The van der Waals surface area contributed by atoms with Crippen LogP contribution in [0, 0.1) is 0 Å². The van der Waals surface area contributed by atoms with Crippen LogP contribution in [-0.2, 0) is 28.6 Å². The zero-order chi connectivity index (χ0) is 53.6. The fourth-order valence-corrected chi connectivity index (χ4v) is 8.14. The van der Waals surface area contributed by atoms with E-state index in [1.54, 1.807) is 0 Å². The van der Waals surface area contributed by atoms with E-state index in [1.807, 2.05) is 0 Å². The minimum Gasteiger partial charge on any atom is -0.462 e. The van der Waals surface area contributed by atoms with Gasteiger partial charge in [0.2, 0.25) is 0 Å². The van der Waals surface area contributed by atoms with Gasteiger partial charge in [-0.2, -0.15) is 0 Å². The van der Waals surface area contributed by atoms with Gasteiger partial charge >= 0.3 is 17.9 Å². The van der Waals surface area contributed by atoms with Crippen molar-refractivity contribution in [1.29, 1.82) is 0 Å². The Kier molecular flexibility index (Phi) is 57.9. The molecule has 0 bridgehead atoms. The quantitative estimate of drug-likeness (QED) is 0.0261. The van der Waals surface area contributed by atoms with Crippen LogP contribution in [0.15, 0.2) is 122 Å². The van der Waals surface area contributed by atoms with Gasteiger partial charge in [-0.15, -0.1) is 0 Å². The van der Waals surface area contributed by atoms with Crippen LogP contribution in [0.25, 0.3) is 0 Å². The van der Waals surface area contributed by atoms with Crippen LogP contribution in [-0.4, -0.2) is 37.2 Å². The summed E-state index contributed by atoms with van der Waals surface area (Å²) in [6, 6.07) is 0. The van der Waals surface area contributed by atoms with Gasteiger partial charge in [-0.1, -0.05) is 264 Å². The van der Waals surface area contributed by atoms with Crippen LogP contribution >= 0.6 is 0 Å². The molecule has 0 rings (SSSR count). The highest BCUT2D eigenvalue weighted by molar-refractivity contribution is 5.71. The number of hydrogen-bond donors (Lipinski definition) is 0. The molecule has 6 heteroatoms. The number of esters is 3. The molecule has 1 atom stereocenters. The molecule has 0 amide bonds. The highest BCUT2D eigenvalue weighted by atomic mass is 16.6. The molecule has 0 saturated heterocycles. The summed E-state index contributed by atoms with van der Waals surface area (Å²) in [6.45, 7) is 6.45. The normalized spacial score (nSPS) is 13.0. The number of carbonyl (C=O) groups is 3. The summed E-state index contributed by atoms with van der Waals surface area (Å²) in [5.74, 6) is -0.970. The highest BCUT2D eigenvalue weighted by Crippen LogP contribution is 2.15. The summed E-state index contributed by atoms with van der Waals surface area (Å²) >= 11 is 0. The molecular weight excluding hydrogens is 913 g/mol. The molecule has 0 aliphatic carbocycles. The van der Waals surface area contributed by atoms with Crippen LogP contribution in [0.2, 0.25) is 0 Å². The second kappa shape index (κ2) is 61.4. The summed E-state index contributed by atoms with van der Waals surface area (Å²) in [4.78, 5) is 38.1. The third-order valence-electron chi connectivity index (χ3n) is 12.7. The molecule has 0 spiro atoms. The van der Waals surface area contributed by atoms with Gasteiger partial charge in [-0.25, -0.2) is 0 Å². The average molecular weight is 1030 g/mol. The molecule has 0 saturated carbocycles. The Balaban J connectivity index is 4.42. The summed E-state index contributed by atoms with van der Waals surface area (Å²) in [6.07, 6.45) is 84.9. The van der Waals surface area contributed by atoms with E-state index in [4.69, 9.17) is 14.2 Å². The maximum atomic E-state index is 12.9. The van der Waals surface area contributed by atoms with Crippen molar-refractivity contribution in [2.75, 3.05) is 13.2 Å². The summed E-state index contributed by atoms with van der Waals surface area (Å²) in [5, 5.41) is 0. The van der Waals surface area contributed by atoms with Gasteiger partial charge in [0.05, 0.1) is 0 Å². The van der Waals surface area contributed by atoms with Crippen LogP contribution in [0.1, 0.15) is 271 Å². The summed E-state index contributed by atoms with van der Waals surface area (Å²) in [7, 11) is 0. The largest absolute Gasteiger partial charge is 0.462 e. The predicted molar refractivity (Wildman–Crippen MR) is 320 cm³/mol. The van der Waals surface area contributed by atoms with Crippen molar-refractivity contribution in [2.45, 2.75) is 277 Å². The Morgan fingerprint density at radius 3 is 0.878 bits per heavy atom. The summed E-state index contributed by atoms with van der Waals surface area (Å²) in [5.41, 5.74) is 0. The molecule has 1 unspecified atom stereocenters. The lowest BCUT2D eigenvalue weighted by Gasteiger charge is -2.18. The molecule has 0 aromatic carbocycles. The fraction of sp³-hybridized carbons (Fsp3) is 0.662. The molecule has 0 heterocycles. The molecule has 0 aromatic heterocycles. The number of ether oxygens (including phenoxy) is 3. The molecule has 6 nitrogen and oxygen atoms in total. The van der Waals surface area contributed by atoms with E-state index in [0.717, 1.165) is 109 Å². The van der Waals surface area contributed by atoms with E-state index >= 15 is 0 Å². The van der Waals surface area contributed by atoms with Crippen molar-refractivity contribution < 1.29 is 28.6 Å². The highest BCUT2D eigenvalue weighted by Gasteiger charge is 2.19. The smallest absolute Gasteiger partial charge is 0.306 e. The first-order valence-corrected chi connectivity index (χ1v) is 30.5. The van der Waals surface area contributed by atoms with Crippen molar-refractivity contribution in [2.24, 2.45) is 0 Å². The minimum absolute atomic E-state index is 0.100. The van der Waals surface area contributed by atoms with Crippen molar-refractivity contribution in [3.05, 3.63) is 122 Å². The van der Waals surface area contributed by atoms with Crippen LogP contribution in [0.4, 0.5) is 0 Å². The molecule has 0 aliphatic heterocycles. The second-order valence-corrected chi connectivity index (χ2v) is 19.9. The van der Waals surface area contributed by atoms with Crippen LogP contribution < -0.4 is 0 Å². The zero-order valence-electron chi connectivity index (χ0n) is 48.1. The zero-order valence-corrected chi connectivity index (χ0v) is 48.1. The topological polar surface area (TPSA) is 78.9 Å². The van der Waals surface area contributed by atoms with Gasteiger partial charge in [0, 0.05) is 19.3 Å². The van der Waals surface area contributed by atoms with E-state index < -0.39 is 6.10 Å². The Labute approximate surface area is 456 Å². The number of rotatable bonds is 54. The molecular formula is C68H112O6. The van der Waals surface area contributed by atoms with Crippen LogP contribution in [0.5, 0.6) is 0 Å². The first-order valence-electron chi connectivity index (χ1n) is 30.5. The number of carbonyl (C=O) groups excluding carboxylic acids is 3. The molecule has 0 radical (unpaired) electrons. The maximum Gasteiger partial charge on any atom is 0.306 e. The molecule has 0 N–H and O–H groups in total. The third-order valence-corrected chi connectivity index (χ3v) is 12.7. The van der Waals surface area contributed by atoms with Crippen LogP contribution in [0.3, 0.4) is 0 Å². The number of unbranched alkanes of at least 4 members (excludes halogenated alkanes) is 23. The summed E-state index contributed by atoms with van der Waals surface area (Å²) < 4.78 is 16.8. The second-order valence-electron chi connectivity index (χ2n) is 19.9. The Morgan fingerprint density at radius 2 is 0.541 bits per heavy atom. The van der Waals surface area contributed by atoms with Crippen molar-refractivity contribution in [3.8, 4) is 0 Å². The fourth-order valence-electron chi connectivity index (χ4n) is 8.14. The monoisotopic (exact) mass is 1020 g/mol. The van der Waals surface area contributed by atoms with E-state index in [2.05, 4.69) is 142 Å². The SMILES string of the molecule is CC/C=C\C/C=C\C/C=C\C/C=C\C/C=C\C/C=C\C/C=C\CCCC(=O)OCC(COC(=O)CCCCCCCCCCCC)OC(=O)CCCCCCCCCC/C=C\C/C=C\C/C=C\CCCCCCC. The lowest BCUT2D eigenvalue weighted by atomic mass is 10.1. The van der Waals surface area contributed by atoms with Crippen molar-refractivity contribution >= 4 is 17.9 Å². The Hall–Kier alpha value is -4.19. The Morgan fingerprint density at radius 1 is 0.284 bits per heavy atom. The lowest BCUT2D eigenvalue weighted by Crippen LogP contribution is -2.30. The average Bonchev–Trinajstić information content (AvgIpc) is 3.40. The number of hydrogen-bond acceptors (Lipinski definition) is 6. The van der Waals surface area contributed by atoms with E-state index in [-0.39, 0.29) is 37.5 Å².